The first-order valence-electron chi connectivity index (χ1n) is 6.06. The van der Waals surface area contributed by atoms with Gasteiger partial charge >= 0.3 is 0 Å². The fourth-order valence-electron chi connectivity index (χ4n) is 2.55. The number of fused-ring (bicyclic) bond motifs is 1. The van der Waals surface area contributed by atoms with Crippen molar-refractivity contribution in [1.82, 2.24) is 0 Å². The lowest BCUT2D eigenvalue weighted by atomic mass is 10.0. The smallest absolute Gasteiger partial charge is 0.181 e. The number of hydrogen-bond acceptors (Lipinski definition) is 1. The first-order valence-corrected chi connectivity index (χ1v) is 6.06. The van der Waals surface area contributed by atoms with Crippen LogP contribution in [0.5, 0.6) is 5.75 Å². The monoisotopic (exact) mass is 226 g/mol. The van der Waals surface area contributed by atoms with E-state index >= 15 is 0 Å². The van der Waals surface area contributed by atoms with Gasteiger partial charge in [-0.3, -0.25) is 0 Å². The number of aromatic nitrogens is 1. The Kier molecular flexibility index (Phi) is 2.36. The Bertz CT molecular complexity index is 558. The molecular weight excluding hydrogens is 210 g/mol. The Morgan fingerprint density at radius 1 is 1.18 bits per heavy atom. The third-order valence-corrected chi connectivity index (χ3v) is 3.47. The fraction of sp³-hybridized carbons (Fsp3) is 0.267. The number of phenols is 1. The molecule has 0 bridgehead atoms. The van der Waals surface area contributed by atoms with Crippen LogP contribution in [0.3, 0.4) is 0 Å². The molecule has 17 heavy (non-hydrogen) atoms. The van der Waals surface area contributed by atoms with Gasteiger partial charge in [-0.2, -0.15) is 0 Å². The summed E-state index contributed by atoms with van der Waals surface area (Å²) in [4.78, 5) is 0. The van der Waals surface area contributed by atoms with Gasteiger partial charge in [-0.15, -0.1) is 0 Å². The van der Waals surface area contributed by atoms with Crippen molar-refractivity contribution in [2.24, 2.45) is 0 Å². The van der Waals surface area contributed by atoms with E-state index in [1.54, 1.807) is 12.1 Å². The fourth-order valence-corrected chi connectivity index (χ4v) is 2.55. The number of pyridine rings is 1. The molecule has 0 saturated heterocycles. The van der Waals surface area contributed by atoms with Gasteiger partial charge in [0, 0.05) is 24.5 Å². The van der Waals surface area contributed by atoms with Crippen LogP contribution in [0.15, 0.2) is 36.5 Å². The van der Waals surface area contributed by atoms with Crippen LogP contribution < -0.4 is 4.57 Å². The molecular formula is C15H16NO+. The third kappa shape index (κ3) is 1.80. The van der Waals surface area contributed by atoms with Crippen LogP contribution in [0.1, 0.15) is 17.7 Å². The van der Waals surface area contributed by atoms with Crippen LogP contribution in [0.2, 0.25) is 0 Å². The summed E-state index contributed by atoms with van der Waals surface area (Å²) in [6.45, 7) is 3.28. The number of nitrogens with zero attached hydrogens (tertiary/aromatic N) is 1. The average molecular weight is 226 g/mol. The number of rotatable bonds is 1. The van der Waals surface area contributed by atoms with E-state index in [-0.39, 0.29) is 0 Å². The molecule has 0 amide bonds. The molecule has 0 radical (unpaired) electrons. The molecule has 2 heteroatoms. The molecule has 0 atom stereocenters. The molecule has 2 heterocycles. The van der Waals surface area contributed by atoms with E-state index in [1.165, 1.54) is 35.2 Å². The second kappa shape index (κ2) is 3.88. The Morgan fingerprint density at radius 3 is 2.71 bits per heavy atom. The van der Waals surface area contributed by atoms with E-state index in [9.17, 15) is 5.11 Å². The first kappa shape index (κ1) is 10.3. The largest absolute Gasteiger partial charge is 0.508 e. The summed E-state index contributed by atoms with van der Waals surface area (Å²) in [5.74, 6) is 0.320. The highest BCUT2D eigenvalue weighted by Crippen LogP contribution is 2.25. The molecule has 0 fully saturated rings. The van der Waals surface area contributed by atoms with Crippen molar-refractivity contribution in [3.05, 3.63) is 47.8 Å². The normalized spacial score (nSPS) is 13.7. The number of phenolic OH excluding ortho intramolecular Hbond substituents is 1. The Balaban J connectivity index is 2.11. The molecule has 86 valence electrons. The van der Waals surface area contributed by atoms with Gasteiger partial charge in [-0.25, -0.2) is 4.57 Å². The first-order chi connectivity index (χ1) is 8.24. The Labute approximate surface area is 101 Å². The highest BCUT2D eigenvalue weighted by atomic mass is 16.3. The zero-order chi connectivity index (χ0) is 11.8. The number of aromatic hydroxyl groups is 1. The third-order valence-electron chi connectivity index (χ3n) is 3.47. The SMILES string of the molecule is Cc1cc2[n+](cc1-c1ccc(O)cc1)CCC2. The van der Waals surface area contributed by atoms with Crippen LogP contribution in [-0.4, -0.2) is 5.11 Å². The predicted octanol–water partition coefficient (Wildman–Crippen LogP) is 2.60. The minimum Gasteiger partial charge on any atom is -0.508 e. The van der Waals surface area contributed by atoms with Crippen molar-refractivity contribution in [2.75, 3.05) is 0 Å². The van der Waals surface area contributed by atoms with Crippen LogP contribution in [0, 0.1) is 6.92 Å². The van der Waals surface area contributed by atoms with E-state index in [4.69, 9.17) is 0 Å². The summed E-state index contributed by atoms with van der Waals surface area (Å²) < 4.78 is 2.34. The summed E-state index contributed by atoms with van der Waals surface area (Å²) in [6, 6.07) is 9.72. The zero-order valence-electron chi connectivity index (χ0n) is 9.98. The van der Waals surface area contributed by atoms with Crippen LogP contribution >= 0.6 is 0 Å². The average Bonchev–Trinajstić information content (AvgIpc) is 2.76. The van der Waals surface area contributed by atoms with Crippen molar-refractivity contribution in [1.29, 1.82) is 0 Å². The van der Waals surface area contributed by atoms with E-state index in [0.29, 0.717) is 5.75 Å². The molecule has 1 aliphatic heterocycles. The number of hydrogen-bond donors (Lipinski definition) is 1. The highest BCUT2D eigenvalue weighted by molar-refractivity contribution is 5.66. The van der Waals surface area contributed by atoms with Crippen molar-refractivity contribution < 1.29 is 9.67 Å². The van der Waals surface area contributed by atoms with E-state index < -0.39 is 0 Å². The van der Waals surface area contributed by atoms with Gasteiger partial charge in [0.15, 0.2) is 11.9 Å². The molecule has 1 aliphatic rings. The lowest BCUT2D eigenvalue weighted by molar-refractivity contribution is -0.690. The van der Waals surface area contributed by atoms with E-state index in [0.717, 1.165) is 6.54 Å². The summed E-state index contributed by atoms with van der Waals surface area (Å²) in [6.07, 6.45) is 4.68. The van der Waals surface area contributed by atoms with Crippen molar-refractivity contribution >= 4 is 0 Å². The zero-order valence-corrected chi connectivity index (χ0v) is 9.98. The lowest BCUT2D eigenvalue weighted by Gasteiger charge is -2.05. The van der Waals surface area contributed by atoms with E-state index in [1.807, 2.05) is 12.1 Å². The van der Waals surface area contributed by atoms with Crippen molar-refractivity contribution in [3.8, 4) is 16.9 Å². The maximum absolute atomic E-state index is 9.32. The molecule has 2 nitrogen and oxygen atoms in total. The predicted molar refractivity (Wildman–Crippen MR) is 66.8 cm³/mol. The molecule has 2 aromatic rings. The van der Waals surface area contributed by atoms with Gasteiger partial charge in [0.05, 0.1) is 0 Å². The van der Waals surface area contributed by atoms with Gasteiger partial charge < -0.3 is 5.11 Å². The van der Waals surface area contributed by atoms with Gasteiger partial charge in [-0.1, -0.05) is 12.1 Å². The Morgan fingerprint density at radius 2 is 1.94 bits per heavy atom. The molecule has 1 aromatic carbocycles. The van der Waals surface area contributed by atoms with Crippen molar-refractivity contribution in [3.63, 3.8) is 0 Å². The molecule has 1 aromatic heterocycles. The Hall–Kier alpha value is -1.83. The number of benzene rings is 1. The van der Waals surface area contributed by atoms with Crippen molar-refractivity contribution in [2.45, 2.75) is 26.3 Å². The summed E-state index contributed by atoms with van der Waals surface area (Å²) in [7, 11) is 0. The van der Waals surface area contributed by atoms with Gasteiger partial charge in [0.1, 0.15) is 12.3 Å². The summed E-state index contributed by atoms with van der Waals surface area (Å²) in [5.41, 5.74) is 5.17. The molecule has 0 saturated carbocycles. The number of aryl methyl sites for hydroxylation is 3. The maximum Gasteiger partial charge on any atom is 0.181 e. The van der Waals surface area contributed by atoms with Crippen LogP contribution in [-0.2, 0) is 13.0 Å². The van der Waals surface area contributed by atoms with Crippen LogP contribution in [0.4, 0.5) is 0 Å². The van der Waals surface area contributed by atoms with Gasteiger partial charge in [0.25, 0.3) is 0 Å². The molecule has 0 aliphatic carbocycles. The summed E-state index contributed by atoms with van der Waals surface area (Å²) >= 11 is 0. The van der Waals surface area contributed by atoms with Crippen LogP contribution in [0.25, 0.3) is 11.1 Å². The minimum absolute atomic E-state index is 0.320. The van der Waals surface area contributed by atoms with Gasteiger partial charge in [0.2, 0.25) is 0 Å². The molecule has 3 rings (SSSR count). The molecule has 1 N–H and O–H groups in total. The second-order valence-corrected chi connectivity index (χ2v) is 4.71. The topological polar surface area (TPSA) is 24.1 Å². The quantitative estimate of drug-likeness (QED) is 0.742. The second-order valence-electron chi connectivity index (χ2n) is 4.71. The summed E-state index contributed by atoms with van der Waals surface area (Å²) in [5, 5.41) is 9.32. The molecule has 0 unspecified atom stereocenters. The maximum atomic E-state index is 9.32. The van der Waals surface area contributed by atoms with Gasteiger partial charge in [-0.05, 0) is 30.2 Å². The standard InChI is InChI=1S/C15H15NO/c1-11-9-13-3-2-8-16(13)10-15(11)12-4-6-14(17)7-5-12/h4-7,9-10H,2-3,8H2,1H3/p+1. The highest BCUT2D eigenvalue weighted by Gasteiger charge is 2.20. The molecule has 0 spiro atoms. The lowest BCUT2D eigenvalue weighted by Crippen LogP contribution is -2.32. The van der Waals surface area contributed by atoms with E-state index in [2.05, 4.69) is 23.8 Å². The minimum atomic E-state index is 0.320.